The highest BCUT2D eigenvalue weighted by atomic mass is 16.1. The maximum atomic E-state index is 12.1. The van der Waals surface area contributed by atoms with Gasteiger partial charge in [0.05, 0.1) is 28.8 Å². The summed E-state index contributed by atoms with van der Waals surface area (Å²) in [4.78, 5) is 21.1. The van der Waals surface area contributed by atoms with Crippen molar-refractivity contribution in [3.05, 3.63) is 71.5 Å². The summed E-state index contributed by atoms with van der Waals surface area (Å²) >= 11 is 0. The van der Waals surface area contributed by atoms with Crippen LogP contribution in [-0.4, -0.2) is 15.9 Å². The van der Waals surface area contributed by atoms with E-state index in [4.69, 9.17) is 0 Å². The summed E-state index contributed by atoms with van der Waals surface area (Å²) in [5.41, 5.74) is 4.28. The topological polar surface area (TPSA) is 54.9 Å². The number of hydrogen-bond acceptors (Lipinski definition) is 3. The largest absolute Gasteiger partial charge is 0.352 e. The highest BCUT2D eigenvalue weighted by Gasteiger charge is 2.10. The van der Waals surface area contributed by atoms with Crippen LogP contribution in [0.3, 0.4) is 0 Å². The first-order chi connectivity index (χ1) is 10.7. The fraction of sp³-hybridized carbons (Fsp3) is 0.167. The number of nitrogens with zero attached hydrogens (tertiary/aromatic N) is 2. The van der Waals surface area contributed by atoms with Crippen molar-refractivity contribution in [2.24, 2.45) is 0 Å². The van der Waals surface area contributed by atoms with Crippen LogP contribution in [0.15, 0.2) is 54.6 Å². The normalized spacial score (nSPS) is 10.6. The summed E-state index contributed by atoms with van der Waals surface area (Å²) in [6.07, 6.45) is 0.247. The Morgan fingerprint density at radius 2 is 1.59 bits per heavy atom. The fourth-order valence-electron chi connectivity index (χ4n) is 2.30. The Hall–Kier alpha value is -2.75. The van der Waals surface area contributed by atoms with Gasteiger partial charge in [-0.2, -0.15) is 0 Å². The standard InChI is InChI=1S/C18H17N3O/c1-13-17(21-16-10-6-5-9-15(16)20-13)11-18(22)19-12-14-7-3-2-4-8-14/h2-10H,11-12H2,1H3,(H,19,22). The van der Waals surface area contributed by atoms with Crippen molar-refractivity contribution < 1.29 is 4.79 Å². The van der Waals surface area contributed by atoms with Crippen molar-refractivity contribution >= 4 is 16.9 Å². The first-order valence-corrected chi connectivity index (χ1v) is 7.25. The molecule has 0 fully saturated rings. The molecule has 1 amide bonds. The van der Waals surface area contributed by atoms with Crippen LogP contribution < -0.4 is 5.32 Å². The monoisotopic (exact) mass is 291 g/mol. The van der Waals surface area contributed by atoms with E-state index in [0.29, 0.717) is 6.54 Å². The molecule has 0 aliphatic carbocycles. The predicted molar refractivity (Wildman–Crippen MR) is 86.3 cm³/mol. The Kier molecular flexibility index (Phi) is 4.10. The van der Waals surface area contributed by atoms with Crippen molar-refractivity contribution in [3.63, 3.8) is 0 Å². The second kappa shape index (κ2) is 6.35. The molecule has 0 unspecified atom stereocenters. The fourth-order valence-corrected chi connectivity index (χ4v) is 2.30. The predicted octanol–water partition coefficient (Wildman–Crippen LogP) is 2.80. The number of para-hydroxylation sites is 2. The minimum atomic E-state index is -0.0449. The Morgan fingerprint density at radius 1 is 0.955 bits per heavy atom. The number of fused-ring (bicyclic) bond motifs is 1. The molecule has 110 valence electrons. The molecule has 0 radical (unpaired) electrons. The van der Waals surface area contributed by atoms with Gasteiger partial charge in [0.2, 0.25) is 5.91 Å². The van der Waals surface area contributed by atoms with Crippen molar-refractivity contribution in [1.82, 2.24) is 15.3 Å². The minimum Gasteiger partial charge on any atom is -0.352 e. The number of carbonyl (C=O) groups excluding carboxylic acids is 1. The molecule has 0 saturated heterocycles. The number of benzene rings is 2. The zero-order valence-corrected chi connectivity index (χ0v) is 12.4. The summed E-state index contributed by atoms with van der Waals surface area (Å²) in [7, 11) is 0. The third kappa shape index (κ3) is 3.28. The van der Waals surface area contributed by atoms with E-state index in [2.05, 4.69) is 15.3 Å². The molecule has 1 heterocycles. The van der Waals surface area contributed by atoms with Gasteiger partial charge in [0, 0.05) is 6.54 Å². The zero-order valence-electron chi connectivity index (χ0n) is 12.4. The molecule has 0 aliphatic heterocycles. The van der Waals surface area contributed by atoms with Crippen LogP contribution in [-0.2, 0) is 17.8 Å². The third-order valence-electron chi connectivity index (χ3n) is 3.50. The molecule has 2 aromatic carbocycles. The summed E-state index contributed by atoms with van der Waals surface area (Å²) in [5.74, 6) is -0.0449. The number of nitrogens with one attached hydrogen (secondary N) is 1. The smallest absolute Gasteiger partial charge is 0.226 e. The molecule has 0 spiro atoms. The van der Waals surface area contributed by atoms with Gasteiger partial charge in [0.1, 0.15) is 0 Å². The molecule has 0 aliphatic rings. The van der Waals surface area contributed by atoms with Gasteiger partial charge in [-0.25, -0.2) is 9.97 Å². The average Bonchev–Trinajstić information content (AvgIpc) is 2.55. The highest BCUT2D eigenvalue weighted by molar-refractivity contribution is 5.80. The maximum Gasteiger partial charge on any atom is 0.226 e. The minimum absolute atomic E-state index is 0.0449. The van der Waals surface area contributed by atoms with Crippen molar-refractivity contribution in [1.29, 1.82) is 0 Å². The van der Waals surface area contributed by atoms with Gasteiger partial charge in [-0.3, -0.25) is 4.79 Å². The van der Waals surface area contributed by atoms with E-state index < -0.39 is 0 Å². The first kappa shape index (κ1) is 14.2. The van der Waals surface area contributed by atoms with Crippen LogP contribution in [0.5, 0.6) is 0 Å². The number of aromatic nitrogens is 2. The third-order valence-corrected chi connectivity index (χ3v) is 3.50. The lowest BCUT2D eigenvalue weighted by Gasteiger charge is -2.08. The molecule has 4 heteroatoms. The maximum absolute atomic E-state index is 12.1. The van der Waals surface area contributed by atoms with Crippen molar-refractivity contribution in [3.8, 4) is 0 Å². The lowest BCUT2D eigenvalue weighted by Crippen LogP contribution is -2.25. The van der Waals surface area contributed by atoms with Crippen LogP contribution in [0.4, 0.5) is 0 Å². The Balaban J connectivity index is 1.70. The van der Waals surface area contributed by atoms with Gasteiger partial charge < -0.3 is 5.32 Å². The molecule has 22 heavy (non-hydrogen) atoms. The molecule has 3 rings (SSSR count). The van der Waals surface area contributed by atoms with Crippen LogP contribution in [0.2, 0.25) is 0 Å². The molecule has 3 aromatic rings. The second-order valence-corrected chi connectivity index (χ2v) is 5.18. The van der Waals surface area contributed by atoms with E-state index in [9.17, 15) is 4.79 Å². The quantitative estimate of drug-likeness (QED) is 0.804. The number of rotatable bonds is 4. The number of carbonyl (C=O) groups is 1. The molecule has 1 N–H and O–H groups in total. The molecule has 0 bridgehead atoms. The molecule has 0 saturated carbocycles. The van der Waals surface area contributed by atoms with E-state index in [1.165, 1.54) is 0 Å². The van der Waals surface area contributed by atoms with Gasteiger partial charge in [0.25, 0.3) is 0 Å². The van der Waals surface area contributed by atoms with E-state index >= 15 is 0 Å². The van der Waals surface area contributed by atoms with Crippen molar-refractivity contribution in [2.45, 2.75) is 19.9 Å². The van der Waals surface area contributed by atoms with E-state index in [-0.39, 0.29) is 12.3 Å². The lowest BCUT2D eigenvalue weighted by atomic mass is 10.2. The van der Waals surface area contributed by atoms with Gasteiger partial charge in [-0.15, -0.1) is 0 Å². The van der Waals surface area contributed by atoms with E-state index in [1.807, 2.05) is 61.5 Å². The van der Waals surface area contributed by atoms with Crippen LogP contribution in [0, 0.1) is 6.92 Å². The van der Waals surface area contributed by atoms with Gasteiger partial charge in [-0.05, 0) is 24.6 Å². The van der Waals surface area contributed by atoms with E-state index in [1.54, 1.807) is 0 Å². The number of amides is 1. The highest BCUT2D eigenvalue weighted by Crippen LogP contribution is 2.12. The molecular weight excluding hydrogens is 274 g/mol. The molecule has 4 nitrogen and oxygen atoms in total. The SMILES string of the molecule is Cc1nc2ccccc2nc1CC(=O)NCc1ccccc1. The molecular formula is C18H17N3O. The summed E-state index contributed by atoms with van der Waals surface area (Å²) in [5, 5.41) is 2.92. The van der Waals surface area contributed by atoms with Gasteiger partial charge >= 0.3 is 0 Å². The second-order valence-electron chi connectivity index (χ2n) is 5.18. The Bertz CT molecular complexity index is 800. The zero-order chi connectivity index (χ0) is 15.4. The van der Waals surface area contributed by atoms with Crippen molar-refractivity contribution in [2.75, 3.05) is 0 Å². The van der Waals surface area contributed by atoms with E-state index in [0.717, 1.165) is 28.0 Å². The lowest BCUT2D eigenvalue weighted by molar-refractivity contribution is -0.120. The number of aryl methyl sites for hydroxylation is 1. The van der Waals surface area contributed by atoms with Gasteiger partial charge in [0.15, 0.2) is 0 Å². The first-order valence-electron chi connectivity index (χ1n) is 7.25. The Labute approximate surface area is 129 Å². The van der Waals surface area contributed by atoms with Crippen LogP contribution in [0.1, 0.15) is 17.0 Å². The number of hydrogen-bond donors (Lipinski definition) is 1. The van der Waals surface area contributed by atoms with Crippen LogP contribution >= 0.6 is 0 Å². The van der Waals surface area contributed by atoms with Gasteiger partial charge in [-0.1, -0.05) is 42.5 Å². The summed E-state index contributed by atoms with van der Waals surface area (Å²) < 4.78 is 0. The summed E-state index contributed by atoms with van der Waals surface area (Å²) in [6.45, 7) is 2.42. The molecule has 0 atom stereocenters. The average molecular weight is 291 g/mol. The van der Waals surface area contributed by atoms with Crippen LogP contribution in [0.25, 0.3) is 11.0 Å². The Morgan fingerprint density at radius 3 is 2.32 bits per heavy atom. The summed E-state index contributed by atoms with van der Waals surface area (Å²) in [6, 6.07) is 17.5. The molecule has 1 aromatic heterocycles.